The second kappa shape index (κ2) is 3.23. The largest absolute Gasteiger partial charge is 0.465 e. The van der Waals surface area contributed by atoms with Crippen molar-refractivity contribution in [3.05, 3.63) is 18.5 Å². The van der Waals surface area contributed by atoms with Gasteiger partial charge in [0, 0.05) is 25.5 Å². The van der Waals surface area contributed by atoms with Gasteiger partial charge in [-0.25, -0.2) is 4.79 Å². The Morgan fingerprint density at radius 2 is 2.19 bits per heavy atom. The predicted molar refractivity (Wildman–Crippen MR) is 57.0 cm³/mol. The minimum Gasteiger partial charge on any atom is -0.465 e. The van der Waals surface area contributed by atoms with Gasteiger partial charge in [-0.05, 0) is 30.7 Å². The molecule has 1 unspecified atom stereocenters. The number of fused-ring (bicyclic) bond motifs is 1. The van der Waals surface area contributed by atoms with Crippen LogP contribution in [0.2, 0.25) is 0 Å². The maximum Gasteiger partial charge on any atom is 0.407 e. The minimum absolute atomic E-state index is 0.390. The van der Waals surface area contributed by atoms with Crippen LogP contribution < -0.4 is 0 Å². The molecule has 16 heavy (non-hydrogen) atoms. The van der Waals surface area contributed by atoms with Crippen molar-refractivity contribution in [3.63, 3.8) is 0 Å². The normalized spacial score (nSPS) is 33.6. The van der Waals surface area contributed by atoms with E-state index in [1.807, 2.05) is 16.9 Å². The van der Waals surface area contributed by atoms with E-state index in [9.17, 15) is 4.79 Å². The van der Waals surface area contributed by atoms with Crippen LogP contribution in [0.25, 0.3) is 0 Å². The van der Waals surface area contributed by atoms with E-state index in [-0.39, 0.29) is 0 Å². The summed E-state index contributed by atoms with van der Waals surface area (Å²) in [6, 6.07) is 2.32. The molecule has 4 atom stereocenters. The number of piperidine rings is 1. The second-order valence-electron chi connectivity index (χ2n) is 4.82. The van der Waals surface area contributed by atoms with Gasteiger partial charge in [-0.2, -0.15) is 5.10 Å². The molecule has 3 rings (SSSR count). The highest BCUT2D eigenvalue weighted by molar-refractivity contribution is 5.65. The van der Waals surface area contributed by atoms with Crippen LogP contribution >= 0.6 is 0 Å². The average molecular weight is 221 g/mol. The molecule has 2 fully saturated rings. The van der Waals surface area contributed by atoms with E-state index < -0.39 is 6.09 Å². The first-order valence-electron chi connectivity index (χ1n) is 5.65. The van der Waals surface area contributed by atoms with E-state index in [1.165, 1.54) is 4.90 Å². The molecule has 1 aromatic rings. The number of carbonyl (C=O) groups is 1. The highest BCUT2D eigenvalue weighted by Gasteiger charge is 2.59. The van der Waals surface area contributed by atoms with Gasteiger partial charge < -0.3 is 10.0 Å². The molecule has 0 spiro atoms. The Morgan fingerprint density at radius 1 is 1.50 bits per heavy atom. The summed E-state index contributed by atoms with van der Waals surface area (Å²) >= 11 is 0. The lowest BCUT2D eigenvalue weighted by Gasteiger charge is -2.19. The monoisotopic (exact) mass is 221 g/mol. The third kappa shape index (κ3) is 1.31. The Morgan fingerprint density at radius 3 is 2.69 bits per heavy atom. The lowest BCUT2D eigenvalue weighted by atomic mass is 10.1. The zero-order valence-electron chi connectivity index (χ0n) is 9.15. The van der Waals surface area contributed by atoms with Gasteiger partial charge in [0.2, 0.25) is 0 Å². The number of aromatic nitrogens is 2. The minimum atomic E-state index is -0.780. The van der Waals surface area contributed by atoms with E-state index in [0.717, 1.165) is 0 Å². The van der Waals surface area contributed by atoms with Gasteiger partial charge in [0.1, 0.15) is 0 Å². The molecule has 86 valence electrons. The topological polar surface area (TPSA) is 58.4 Å². The summed E-state index contributed by atoms with van der Waals surface area (Å²) in [7, 11) is 0. The number of amides is 1. The Kier molecular flexibility index (Phi) is 1.96. The van der Waals surface area contributed by atoms with Crippen molar-refractivity contribution in [2.45, 2.75) is 13.0 Å². The summed E-state index contributed by atoms with van der Waals surface area (Å²) in [5, 5.41) is 13.1. The molecule has 1 saturated carbocycles. The molecule has 0 bridgehead atoms. The highest BCUT2D eigenvalue weighted by atomic mass is 16.4. The van der Waals surface area contributed by atoms with Crippen LogP contribution in [0.3, 0.4) is 0 Å². The van der Waals surface area contributed by atoms with E-state index in [4.69, 9.17) is 5.11 Å². The molecular weight excluding hydrogens is 206 g/mol. The highest BCUT2D eigenvalue weighted by Crippen LogP contribution is 2.56. The zero-order valence-corrected chi connectivity index (χ0v) is 9.15. The van der Waals surface area contributed by atoms with Crippen molar-refractivity contribution in [1.82, 2.24) is 14.7 Å². The first-order chi connectivity index (χ1) is 7.68. The van der Waals surface area contributed by atoms with Gasteiger partial charge in [0.15, 0.2) is 0 Å². The summed E-state index contributed by atoms with van der Waals surface area (Å²) in [4.78, 5) is 12.3. The maximum atomic E-state index is 10.8. The number of nitrogens with zero attached hydrogens (tertiary/aromatic N) is 3. The molecule has 1 N–H and O–H groups in total. The fourth-order valence-corrected chi connectivity index (χ4v) is 3.14. The third-order valence-electron chi connectivity index (χ3n) is 4.03. The van der Waals surface area contributed by atoms with Gasteiger partial charge in [0.25, 0.3) is 0 Å². The van der Waals surface area contributed by atoms with E-state index in [1.54, 1.807) is 6.20 Å². The lowest BCUT2D eigenvalue weighted by molar-refractivity contribution is 0.146. The van der Waals surface area contributed by atoms with E-state index in [0.29, 0.717) is 36.9 Å². The molecule has 2 aliphatic rings. The molecule has 1 aliphatic heterocycles. The molecule has 2 heterocycles. The second-order valence-corrected chi connectivity index (χ2v) is 4.82. The van der Waals surface area contributed by atoms with Crippen LogP contribution in [0, 0.1) is 17.8 Å². The Balaban J connectivity index is 1.64. The average Bonchev–Trinajstić information content (AvgIpc) is 2.75. The predicted octanol–water partition coefficient (Wildman–Crippen LogP) is 1.30. The molecule has 1 saturated heterocycles. The Hall–Kier alpha value is -1.52. The van der Waals surface area contributed by atoms with Crippen LogP contribution in [-0.4, -0.2) is 39.0 Å². The Labute approximate surface area is 93.7 Å². The van der Waals surface area contributed by atoms with Crippen LogP contribution in [0.15, 0.2) is 18.5 Å². The quantitative estimate of drug-likeness (QED) is 0.818. The smallest absolute Gasteiger partial charge is 0.407 e. The molecule has 0 aromatic carbocycles. The van der Waals surface area contributed by atoms with Gasteiger partial charge in [-0.1, -0.05) is 0 Å². The molecule has 5 nitrogen and oxygen atoms in total. The van der Waals surface area contributed by atoms with Gasteiger partial charge >= 0.3 is 6.09 Å². The molecular formula is C11H15N3O2. The zero-order chi connectivity index (χ0) is 11.3. The summed E-state index contributed by atoms with van der Waals surface area (Å²) < 4.78 is 1.98. The van der Waals surface area contributed by atoms with E-state index in [2.05, 4.69) is 12.0 Å². The summed E-state index contributed by atoms with van der Waals surface area (Å²) in [6.07, 6.45) is 2.99. The van der Waals surface area contributed by atoms with Crippen LogP contribution in [0.4, 0.5) is 4.79 Å². The van der Waals surface area contributed by atoms with Crippen molar-refractivity contribution in [2.24, 2.45) is 17.8 Å². The van der Waals surface area contributed by atoms with E-state index >= 15 is 0 Å². The number of rotatable bonds is 2. The van der Waals surface area contributed by atoms with Gasteiger partial charge in [0.05, 0.1) is 6.04 Å². The molecule has 0 radical (unpaired) electrons. The Bertz CT molecular complexity index is 391. The number of likely N-dealkylation sites (tertiary alicyclic amines) is 1. The SMILES string of the molecule is CC([C@H]1[C@@H]2CN(C(=O)O)C[C@@H]21)n1cccn1. The standard InChI is InChI=1S/C11H15N3O2/c1-7(14-4-2-3-12-14)10-8-5-13(11(15)16)6-9(8)10/h2-4,7-10H,5-6H2,1H3,(H,15,16)/t7?,8-,9+,10+. The number of hydrogen-bond donors (Lipinski definition) is 1. The fourth-order valence-electron chi connectivity index (χ4n) is 3.14. The summed E-state index contributed by atoms with van der Waals surface area (Å²) in [6.45, 7) is 3.58. The van der Waals surface area contributed by atoms with Crippen LogP contribution in [-0.2, 0) is 0 Å². The number of hydrogen-bond acceptors (Lipinski definition) is 2. The summed E-state index contributed by atoms with van der Waals surface area (Å²) in [5.74, 6) is 1.71. The van der Waals surface area contributed by atoms with Crippen LogP contribution in [0.5, 0.6) is 0 Å². The maximum absolute atomic E-state index is 10.8. The summed E-state index contributed by atoms with van der Waals surface area (Å²) in [5.41, 5.74) is 0. The van der Waals surface area contributed by atoms with Gasteiger partial charge in [-0.3, -0.25) is 4.68 Å². The first kappa shape index (κ1) is 9.69. The molecule has 1 aliphatic carbocycles. The van der Waals surface area contributed by atoms with Crippen molar-refractivity contribution in [3.8, 4) is 0 Å². The third-order valence-corrected chi connectivity index (χ3v) is 4.03. The van der Waals surface area contributed by atoms with Crippen molar-refractivity contribution in [1.29, 1.82) is 0 Å². The van der Waals surface area contributed by atoms with Crippen molar-refractivity contribution in [2.75, 3.05) is 13.1 Å². The fraction of sp³-hybridized carbons (Fsp3) is 0.636. The van der Waals surface area contributed by atoms with Crippen molar-refractivity contribution >= 4 is 6.09 Å². The van der Waals surface area contributed by atoms with Crippen LogP contribution in [0.1, 0.15) is 13.0 Å². The molecule has 1 amide bonds. The molecule has 5 heteroatoms. The molecule has 1 aromatic heterocycles. The van der Waals surface area contributed by atoms with Gasteiger partial charge in [-0.15, -0.1) is 0 Å². The van der Waals surface area contributed by atoms with Crippen molar-refractivity contribution < 1.29 is 9.90 Å². The first-order valence-corrected chi connectivity index (χ1v) is 5.65. The lowest BCUT2D eigenvalue weighted by Crippen LogP contribution is -2.31. The number of carboxylic acid groups (broad SMARTS) is 1.